The molecular formula is C16H18N4S. The van der Waals surface area contributed by atoms with Crippen molar-refractivity contribution in [1.82, 2.24) is 14.8 Å². The Morgan fingerprint density at radius 3 is 2.95 bits per heavy atom. The van der Waals surface area contributed by atoms with E-state index in [1.807, 2.05) is 17.8 Å². The number of hydrogen-bond donors (Lipinski definition) is 1. The van der Waals surface area contributed by atoms with Crippen LogP contribution in [0.15, 0.2) is 42.0 Å². The van der Waals surface area contributed by atoms with Crippen molar-refractivity contribution in [2.24, 2.45) is 0 Å². The van der Waals surface area contributed by atoms with Crippen molar-refractivity contribution < 1.29 is 0 Å². The van der Waals surface area contributed by atoms with Gasteiger partial charge in [-0.2, -0.15) is 5.10 Å². The molecule has 2 heterocycles. The van der Waals surface area contributed by atoms with Crippen LogP contribution in [0, 0.1) is 6.92 Å². The molecule has 0 spiro atoms. The lowest BCUT2D eigenvalue weighted by molar-refractivity contribution is 0.659. The second-order valence-corrected chi connectivity index (χ2v) is 5.95. The number of anilines is 1. The van der Waals surface area contributed by atoms with Gasteiger partial charge in [-0.25, -0.2) is 4.98 Å². The quantitative estimate of drug-likeness (QED) is 0.775. The first-order valence-corrected chi connectivity index (χ1v) is 7.90. The van der Waals surface area contributed by atoms with Crippen molar-refractivity contribution in [3.05, 3.63) is 52.6 Å². The van der Waals surface area contributed by atoms with Gasteiger partial charge in [-0.3, -0.25) is 4.68 Å². The van der Waals surface area contributed by atoms with Gasteiger partial charge in [-0.05, 0) is 26.0 Å². The lowest BCUT2D eigenvalue weighted by atomic mass is 10.1. The van der Waals surface area contributed by atoms with Gasteiger partial charge in [0, 0.05) is 41.5 Å². The van der Waals surface area contributed by atoms with Crippen LogP contribution >= 0.6 is 11.3 Å². The van der Waals surface area contributed by atoms with E-state index in [0.717, 1.165) is 35.0 Å². The van der Waals surface area contributed by atoms with Crippen LogP contribution in [0.5, 0.6) is 0 Å². The van der Waals surface area contributed by atoms with E-state index in [4.69, 9.17) is 0 Å². The van der Waals surface area contributed by atoms with Gasteiger partial charge in [0.25, 0.3) is 0 Å². The Balaban J connectivity index is 1.71. The Kier molecular flexibility index (Phi) is 4.01. The number of aromatic nitrogens is 3. The normalized spacial score (nSPS) is 10.8. The maximum absolute atomic E-state index is 4.53. The fraction of sp³-hybridized carbons (Fsp3) is 0.250. The van der Waals surface area contributed by atoms with Crippen molar-refractivity contribution in [2.45, 2.75) is 26.9 Å². The molecule has 0 fully saturated rings. The third-order valence-electron chi connectivity index (χ3n) is 3.28. The summed E-state index contributed by atoms with van der Waals surface area (Å²) < 4.78 is 1.94. The van der Waals surface area contributed by atoms with E-state index in [-0.39, 0.29) is 0 Å². The number of aryl methyl sites for hydroxylation is 2. The Hall–Kier alpha value is -2.14. The Bertz CT molecular complexity index is 729. The number of rotatable bonds is 5. The highest BCUT2D eigenvalue weighted by Crippen LogP contribution is 2.24. The third kappa shape index (κ3) is 3.31. The second-order valence-electron chi connectivity index (χ2n) is 4.89. The van der Waals surface area contributed by atoms with E-state index < -0.39 is 0 Å². The highest BCUT2D eigenvalue weighted by Gasteiger charge is 2.03. The molecule has 0 saturated carbocycles. The summed E-state index contributed by atoms with van der Waals surface area (Å²) >= 11 is 1.68. The maximum Gasteiger partial charge on any atom is 0.0901 e. The number of nitrogens with zero attached hydrogens (tertiary/aromatic N) is 3. The lowest BCUT2D eigenvalue weighted by Gasteiger charge is -2.06. The summed E-state index contributed by atoms with van der Waals surface area (Å²) in [5.74, 6) is 0. The fourth-order valence-electron chi connectivity index (χ4n) is 2.16. The smallest absolute Gasteiger partial charge is 0.0901 e. The van der Waals surface area contributed by atoms with Gasteiger partial charge in [0.15, 0.2) is 0 Å². The summed E-state index contributed by atoms with van der Waals surface area (Å²) in [7, 11) is 0. The first-order valence-electron chi connectivity index (χ1n) is 7.02. The molecule has 1 aromatic carbocycles. The summed E-state index contributed by atoms with van der Waals surface area (Å²) in [6, 6.07) is 8.36. The monoisotopic (exact) mass is 298 g/mol. The van der Waals surface area contributed by atoms with Gasteiger partial charge in [0.1, 0.15) is 0 Å². The van der Waals surface area contributed by atoms with Crippen LogP contribution in [-0.2, 0) is 13.1 Å². The van der Waals surface area contributed by atoms with Crippen LogP contribution in [0.4, 0.5) is 5.69 Å². The van der Waals surface area contributed by atoms with Gasteiger partial charge in [-0.1, -0.05) is 12.1 Å². The molecule has 0 amide bonds. The zero-order valence-electron chi connectivity index (χ0n) is 12.2. The molecule has 21 heavy (non-hydrogen) atoms. The average Bonchev–Trinajstić information content (AvgIpc) is 3.14. The van der Waals surface area contributed by atoms with Crippen LogP contribution in [0.2, 0.25) is 0 Å². The van der Waals surface area contributed by atoms with Crippen LogP contribution in [-0.4, -0.2) is 14.8 Å². The molecule has 0 bridgehead atoms. The number of benzene rings is 1. The standard InChI is InChI=1S/C16H18N4S/c1-3-20-10-13(9-18-20)8-17-15-6-4-5-14(7-15)16-11-21-12(2)19-16/h4-7,9-11,17H,3,8H2,1-2H3. The summed E-state index contributed by atoms with van der Waals surface area (Å²) in [5, 5.41) is 10.9. The van der Waals surface area contributed by atoms with Gasteiger partial charge in [-0.15, -0.1) is 11.3 Å². The summed E-state index contributed by atoms with van der Waals surface area (Å²) in [4.78, 5) is 4.53. The van der Waals surface area contributed by atoms with Gasteiger partial charge < -0.3 is 5.32 Å². The Labute approximate surface area is 128 Å². The molecule has 0 unspecified atom stereocenters. The highest BCUT2D eigenvalue weighted by atomic mass is 32.1. The molecular weight excluding hydrogens is 280 g/mol. The second kappa shape index (κ2) is 6.10. The minimum atomic E-state index is 0.777. The van der Waals surface area contributed by atoms with Crippen molar-refractivity contribution >= 4 is 17.0 Å². The molecule has 3 rings (SSSR count). The van der Waals surface area contributed by atoms with E-state index in [2.05, 4.69) is 58.2 Å². The van der Waals surface area contributed by atoms with Crippen LogP contribution < -0.4 is 5.32 Å². The van der Waals surface area contributed by atoms with Crippen LogP contribution in [0.25, 0.3) is 11.3 Å². The zero-order chi connectivity index (χ0) is 14.7. The van der Waals surface area contributed by atoms with Gasteiger partial charge >= 0.3 is 0 Å². The van der Waals surface area contributed by atoms with Crippen LogP contribution in [0.1, 0.15) is 17.5 Å². The molecule has 3 aromatic rings. The van der Waals surface area contributed by atoms with Gasteiger partial charge in [0.05, 0.1) is 16.9 Å². The molecule has 1 N–H and O–H groups in total. The van der Waals surface area contributed by atoms with E-state index in [1.54, 1.807) is 11.3 Å². The predicted octanol–water partition coefficient (Wildman–Crippen LogP) is 3.95. The van der Waals surface area contributed by atoms with Crippen molar-refractivity contribution in [3.8, 4) is 11.3 Å². The minimum Gasteiger partial charge on any atom is -0.381 e. The summed E-state index contributed by atoms with van der Waals surface area (Å²) in [5.41, 5.74) is 4.47. The first kappa shape index (κ1) is 13.8. The van der Waals surface area contributed by atoms with Crippen LogP contribution in [0.3, 0.4) is 0 Å². The predicted molar refractivity (Wildman–Crippen MR) is 87.5 cm³/mol. The average molecular weight is 298 g/mol. The lowest BCUT2D eigenvalue weighted by Crippen LogP contribution is -1.98. The van der Waals surface area contributed by atoms with Crippen molar-refractivity contribution in [2.75, 3.05) is 5.32 Å². The molecule has 0 aliphatic rings. The van der Waals surface area contributed by atoms with E-state index in [0.29, 0.717) is 0 Å². The molecule has 0 aliphatic carbocycles. The number of nitrogens with one attached hydrogen (secondary N) is 1. The summed E-state index contributed by atoms with van der Waals surface area (Å²) in [6.45, 7) is 5.80. The third-order valence-corrected chi connectivity index (χ3v) is 4.06. The fourth-order valence-corrected chi connectivity index (χ4v) is 2.78. The zero-order valence-corrected chi connectivity index (χ0v) is 13.0. The van der Waals surface area contributed by atoms with Gasteiger partial charge in [0.2, 0.25) is 0 Å². The Morgan fingerprint density at radius 1 is 1.33 bits per heavy atom. The maximum atomic E-state index is 4.53. The minimum absolute atomic E-state index is 0.777. The van der Waals surface area contributed by atoms with E-state index in [1.165, 1.54) is 5.56 Å². The van der Waals surface area contributed by atoms with E-state index in [9.17, 15) is 0 Å². The topological polar surface area (TPSA) is 42.7 Å². The molecule has 4 nitrogen and oxygen atoms in total. The largest absolute Gasteiger partial charge is 0.381 e. The molecule has 2 aromatic heterocycles. The van der Waals surface area contributed by atoms with Crippen molar-refractivity contribution in [3.63, 3.8) is 0 Å². The summed E-state index contributed by atoms with van der Waals surface area (Å²) in [6.07, 6.45) is 3.98. The molecule has 0 atom stereocenters. The molecule has 5 heteroatoms. The number of hydrogen-bond acceptors (Lipinski definition) is 4. The molecule has 108 valence electrons. The number of thiazole rings is 1. The SMILES string of the molecule is CCn1cc(CNc2cccc(-c3csc(C)n3)c2)cn1. The Morgan fingerprint density at radius 2 is 2.24 bits per heavy atom. The van der Waals surface area contributed by atoms with Crippen molar-refractivity contribution in [1.29, 1.82) is 0 Å². The first-order chi connectivity index (χ1) is 10.2. The molecule has 0 saturated heterocycles. The highest BCUT2D eigenvalue weighted by molar-refractivity contribution is 7.09. The molecule has 0 aliphatic heterocycles. The van der Waals surface area contributed by atoms with E-state index >= 15 is 0 Å². The molecule has 0 radical (unpaired) electrons.